The molecule has 0 saturated heterocycles. The summed E-state index contributed by atoms with van der Waals surface area (Å²) >= 11 is 1.44. The van der Waals surface area contributed by atoms with Crippen LogP contribution in [0.1, 0.15) is 5.69 Å². The van der Waals surface area contributed by atoms with Gasteiger partial charge < -0.3 is 5.32 Å². The fourth-order valence-corrected chi connectivity index (χ4v) is 3.58. The number of nitrogens with zero attached hydrogens (tertiary/aromatic N) is 2. The lowest BCUT2D eigenvalue weighted by molar-refractivity contribution is -0.115. The van der Waals surface area contributed by atoms with Gasteiger partial charge in [-0.3, -0.25) is 9.78 Å². The molecule has 0 fully saturated rings. The van der Waals surface area contributed by atoms with Crippen molar-refractivity contribution in [1.82, 2.24) is 9.97 Å². The van der Waals surface area contributed by atoms with Gasteiger partial charge in [-0.1, -0.05) is 6.07 Å². The molecule has 0 radical (unpaired) electrons. The van der Waals surface area contributed by atoms with E-state index in [4.69, 9.17) is 0 Å². The molecule has 1 amide bonds. The van der Waals surface area contributed by atoms with E-state index in [1.165, 1.54) is 23.5 Å². The second-order valence-electron chi connectivity index (χ2n) is 5.38. The van der Waals surface area contributed by atoms with Gasteiger partial charge in [-0.25, -0.2) is 13.4 Å². The van der Waals surface area contributed by atoms with E-state index in [0.717, 1.165) is 17.0 Å². The molecule has 0 aliphatic carbocycles. The predicted octanol–water partition coefficient (Wildman–Crippen LogP) is 2.79. The van der Waals surface area contributed by atoms with Crippen LogP contribution in [0.25, 0.3) is 10.7 Å². The van der Waals surface area contributed by atoms with E-state index >= 15 is 0 Å². The van der Waals surface area contributed by atoms with Crippen molar-refractivity contribution in [2.45, 2.75) is 11.3 Å². The Morgan fingerprint density at radius 3 is 2.56 bits per heavy atom. The number of aromatic nitrogens is 2. The molecule has 0 aliphatic heterocycles. The summed E-state index contributed by atoms with van der Waals surface area (Å²) in [6.07, 6.45) is 2.97. The molecule has 0 unspecified atom stereocenters. The van der Waals surface area contributed by atoms with E-state index in [9.17, 15) is 13.2 Å². The quantitative estimate of drug-likeness (QED) is 0.743. The summed E-state index contributed by atoms with van der Waals surface area (Å²) in [7, 11) is -3.25. The van der Waals surface area contributed by atoms with Crippen LogP contribution in [0.15, 0.2) is 58.9 Å². The van der Waals surface area contributed by atoms with Crippen LogP contribution >= 0.6 is 11.3 Å². The van der Waals surface area contributed by atoms with Crippen LogP contribution in [0.4, 0.5) is 5.69 Å². The zero-order valence-electron chi connectivity index (χ0n) is 13.3. The normalized spacial score (nSPS) is 11.2. The van der Waals surface area contributed by atoms with Gasteiger partial charge >= 0.3 is 0 Å². The Bertz CT molecular complexity index is 981. The molecule has 3 rings (SSSR count). The van der Waals surface area contributed by atoms with Gasteiger partial charge in [-0.15, -0.1) is 11.3 Å². The minimum Gasteiger partial charge on any atom is -0.326 e. The number of benzene rings is 1. The van der Waals surface area contributed by atoms with Gasteiger partial charge in [0, 0.05) is 23.5 Å². The zero-order valence-corrected chi connectivity index (χ0v) is 15.0. The molecule has 0 saturated carbocycles. The number of nitrogens with one attached hydrogen (secondary N) is 1. The monoisotopic (exact) mass is 373 g/mol. The maximum atomic E-state index is 12.1. The lowest BCUT2D eigenvalue weighted by atomic mass is 10.3. The summed E-state index contributed by atoms with van der Waals surface area (Å²) < 4.78 is 22.9. The Morgan fingerprint density at radius 2 is 1.92 bits per heavy atom. The van der Waals surface area contributed by atoms with Crippen LogP contribution in [-0.2, 0) is 21.1 Å². The SMILES string of the molecule is CS(=O)(=O)c1ccc(NC(=O)Cc2csc(-c3ccccn3)n2)cc1. The number of carbonyl (C=O) groups is 1. The molecular formula is C17H15N3O3S2. The second-order valence-corrected chi connectivity index (χ2v) is 8.25. The van der Waals surface area contributed by atoms with Crippen molar-refractivity contribution < 1.29 is 13.2 Å². The van der Waals surface area contributed by atoms with Gasteiger partial charge in [0.25, 0.3) is 0 Å². The topological polar surface area (TPSA) is 89.0 Å². The number of thiazole rings is 1. The van der Waals surface area contributed by atoms with Gasteiger partial charge in [-0.2, -0.15) is 0 Å². The molecule has 6 nitrogen and oxygen atoms in total. The molecule has 128 valence electrons. The predicted molar refractivity (Wildman–Crippen MR) is 97.2 cm³/mol. The first-order valence-electron chi connectivity index (χ1n) is 7.37. The van der Waals surface area contributed by atoms with E-state index in [1.807, 2.05) is 23.6 Å². The minimum absolute atomic E-state index is 0.136. The molecule has 0 spiro atoms. The zero-order chi connectivity index (χ0) is 17.9. The summed E-state index contributed by atoms with van der Waals surface area (Å²) in [4.78, 5) is 21.0. The van der Waals surface area contributed by atoms with Crippen molar-refractivity contribution in [3.05, 3.63) is 59.7 Å². The van der Waals surface area contributed by atoms with Gasteiger partial charge in [0.05, 0.1) is 22.7 Å². The molecule has 1 aromatic carbocycles. The Kier molecular flexibility index (Phi) is 4.91. The molecule has 8 heteroatoms. The third-order valence-corrected chi connectivity index (χ3v) is 5.39. The molecular weight excluding hydrogens is 358 g/mol. The number of hydrogen-bond donors (Lipinski definition) is 1. The van der Waals surface area contributed by atoms with Crippen molar-refractivity contribution in [1.29, 1.82) is 0 Å². The van der Waals surface area contributed by atoms with Crippen molar-refractivity contribution in [3.63, 3.8) is 0 Å². The summed E-state index contributed by atoms with van der Waals surface area (Å²) in [5.41, 5.74) is 1.98. The summed E-state index contributed by atoms with van der Waals surface area (Å²) in [5, 5.41) is 5.33. The van der Waals surface area contributed by atoms with Crippen LogP contribution in [0.3, 0.4) is 0 Å². The summed E-state index contributed by atoms with van der Waals surface area (Å²) in [6, 6.07) is 11.6. The van der Waals surface area contributed by atoms with Gasteiger partial charge in [0.15, 0.2) is 9.84 Å². The highest BCUT2D eigenvalue weighted by atomic mass is 32.2. The first-order valence-corrected chi connectivity index (χ1v) is 10.1. The largest absolute Gasteiger partial charge is 0.326 e. The molecule has 3 aromatic rings. The van der Waals surface area contributed by atoms with Gasteiger partial charge in [0.2, 0.25) is 5.91 Å². The average Bonchev–Trinajstić information content (AvgIpc) is 3.03. The molecule has 1 N–H and O–H groups in total. The Hall–Kier alpha value is -2.58. The third kappa shape index (κ3) is 4.49. The van der Waals surface area contributed by atoms with Gasteiger partial charge in [0.1, 0.15) is 5.01 Å². The third-order valence-electron chi connectivity index (χ3n) is 3.34. The lowest BCUT2D eigenvalue weighted by Gasteiger charge is -2.05. The number of hydrogen-bond acceptors (Lipinski definition) is 6. The maximum Gasteiger partial charge on any atom is 0.230 e. The maximum absolute atomic E-state index is 12.1. The van der Waals surface area contributed by atoms with Crippen LogP contribution in [0, 0.1) is 0 Å². The first-order chi connectivity index (χ1) is 11.9. The molecule has 2 aromatic heterocycles. The number of amides is 1. The highest BCUT2D eigenvalue weighted by Gasteiger charge is 2.11. The fourth-order valence-electron chi connectivity index (χ4n) is 2.15. The van der Waals surface area contributed by atoms with Crippen molar-refractivity contribution in [2.75, 3.05) is 11.6 Å². The first kappa shape index (κ1) is 17.2. The smallest absolute Gasteiger partial charge is 0.230 e. The van der Waals surface area contributed by atoms with Crippen LogP contribution < -0.4 is 5.32 Å². The van der Waals surface area contributed by atoms with E-state index in [1.54, 1.807) is 18.3 Å². The van der Waals surface area contributed by atoms with Crippen LogP contribution in [0.5, 0.6) is 0 Å². The second kappa shape index (κ2) is 7.12. The molecule has 0 bridgehead atoms. The van der Waals surface area contributed by atoms with Gasteiger partial charge in [-0.05, 0) is 36.4 Å². The number of pyridine rings is 1. The minimum atomic E-state index is -3.25. The molecule has 0 aliphatic rings. The van der Waals surface area contributed by atoms with E-state index in [0.29, 0.717) is 11.4 Å². The number of carbonyl (C=O) groups excluding carboxylic acids is 1. The molecule has 2 heterocycles. The van der Waals surface area contributed by atoms with E-state index < -0.39 is 9.84 Å². The average molecular weight is 373 g/mol. The Balaban J connectivity index is 1.64. The van der Waals surface area contributed by atoms with Crippen LogP contribution in [-0.4, -0.2) is 30.5 Å². The Labute approximate surface area is 149 Å². The molecule has 0 atom stereocenters. The lowest BCUT2D eigenvalue weighted by Crippen LogP contribution is -2.14. The highest BCUT2D eigenvalue weighted by molar-refractivity contribution is 7.90. The van der Waals surface area contributed by atoms with Crippen molar-refractivity contribution >= 4 is 32.8 Å². The van der Waals surface area contributed by atoms with Crippen molar-refractivity contribution in [2.24, 2.45) is 0 Å². The number of sulfone groups is 1. The Morgan fingerprint density at radius 1 is 1.16 bits per heavy atom. The van der Waals surface area contributed by atoms with Crippen LogP contribution in [0.2, 0.25) is 0 Å². The number of rotatable bonds is 5. The number of anilines is 1. The van der Waals surface area contributed by atoms with E-state index in [2.05, 4.69) is 15.3 Å². The standard InChI is InChI=1S/C17H15N3O3S2/c1-25(22,23)14-7-5-12(6-8-14)19-16(21)10-13-11-24-17(20-13)15-4-2-3-9-18-15/h2-9,11H,10H2,1H3,(H,19,21). The van der Waals surface area contributed by atoms with E-state index in [-0.39, 0.29) is 17.2 Å². The summed E-state index contributed by atoms with van der Waals surface area (Å²) in [6.45, 7) is 0. The fraction of sp³-hybridized carbons (Fsp3) is 0.118. The highest BCUT2D eigenvalue weighted by Crippen LogP contribution is 2.22. The van der Waals surface area contributed by atoms with Crippen molar-refractivity contribution in [3.8, 4) is 10.7 Å². The molecule has 25 heavy (non-hydrogen) atoms. The summed E-state index contributed by atoms with van der Waals surface area (Å²) in [5.74, 6) is -0.218.